The van der Waals surface area contributed by atoms with E-state index < -0.39 is 0 Å². The van der Waals surface area contributed by atoms with Crippen LogP contribution in [0.1, 0.15) is 39.0 Å². The molecule has 0 spiro atoms. The average Bonchev–Trinajstić information content (AvgIpc) is 2.02. The van der Waals surface area contributed by atoms with Crippen LogP contribution in [0.25, 0.3) is 0 Å². The minimum Gasteiger partial charge on any atom is -0.315 e. The Morgan fingerprint density at radius 1 is 1.50 bits per heavy atom. The monoisotopic (exact) mass is 166 g/mol. The third-order valence-electron chi connectivity index (χ3n) is 2.72. The molecule has 1 fully saturated rings. The van der Waals surface area contributed by atoms with Crippen LogP contribution in [0.3, 0.4) is 0 Å². The quantitative estimate of drug-likeness (QED) is 0.635. The summed E-state index contributed by atoms with van der Waals surface area (Å²) >= 11 is 0. The molecule has 1 aliphatic rings. The Kier molecular flexibility index (Phi) is 3.55. The van der Waals surface area contributed by atoms with E-state index in [2.05, 4.69) is 18.3 Å². The fourth-order valence-electron chi connectivity index (χ4n) is 1.56. The molecule has 1 saturated carbocycles. The maximum atomic E-state index is 8.90. The van der Waals surface area contributed by atoms with Crippen LogP contribution >= 0.6 is 0 Å². The molecule has 2 heteroatoms. The molecule has 0 bridgehead atoms. The molecule has 0 aromatic carbocycles. The summed E-state index contributed by atoms with van der Waals surface area (Å²) in [5.41, 5.74) is 0.00768. The van der Waals surface area contributed by atoms with E-state index in [1.54, 1.807) is 0 Å². The van der Waals surface area contributed by atoms with Crippen molar-refractivity contribution in [2.75, 3.05) is 13.1 Å². The molecule has 1 N–H and O–H groups in total. The highest BCUT2D eigenvalue weighted by Crippen LogP contribution is 2.39. The van der Waals surface area contributed by atoms with Gasteiger partial charge in [-0.3, -0.25) is 0 Å². The molecule has 0 saturated heterocycles. The zero-order chi connectivity index (χ0) is 8.86. The largest absolute Gasteiger partial charge is 0.315 e. The van der Waals surface area contributed by atoms with Gasteiger partial charge in [0.25, 0.3) is 0 Å². The first-order valence-electron chi connectivity index (χ1n) is 4.95. The zero-order valence-corrected chi connectivity index (χ0v) is 7.90. The lowest BCUT2D eigenvalue weighted by Gasteiger charge is -2.35. The molecule has 0 atom stereocenters. The van der Waals surface area contributed by atoms with E-state index in [0.29, 0.717) is 0 Å². The molecule has 68 valence electrons. The molecule has 1 aliphatic carbocycles. The van der Waals surface area contributed by atoms with Crippen LogP contribution in [0.15, 0.2) is 0 Å². The smallest absolute Gasteiger partial charge is 0.0703 e. The molecular weight excluding hydrogens is 148 g/mol. The second-order valence-corrected chi connectivity index (χ2v) is 3.78. The lowest BCUT2D eigenvalue weighted by Crippen LogP contribution is -2.38. The average molecular weight is 166 g/mol. The van der Waals surface area contributed by atoms with Crippen molar-refractivity contribution in [3.63, 3.8) is 0 Å². The lowest BCUT2D eigenvalue weighted by atomic mass is 9.70. The minimum absolute atomic E-state index is 0.00768. The Morgan fingerprint density at radius 2 is 2.25 bits per heavy atom. The van der Waals surface area contributed by atoms with Gasteiger partial charge in [-0.15, -0.1) is 0 Å². The van der Waals surface area contributed by atoms with Gasteiger partial charge in [0.1, 0.15) is 0 Å². The van der Waals surface area contributed by atoms with Gasteiger partial charge in [0.05, 0.1) is 11.5 Å². The lowest BCUT2D eigenvalue weighted by molar-refractivity contribution is 0.207. The van der Waals surface area contributed by atoms with E-state index in [0.717, 1.165) is 25.9 Å². The molecule has 0 radical (unpaired) electrons. The van der Waals surface area contributed by atoms with Crippen molar-refractivity contribution in [1.82, 2.24) is 5.32 Å². The zero-order valence-electron chi connectivity index (χ0n) is 7.90. The summed E-state index contributed by atoms with van der Waals surface area (Å²) in [5.74, 6) is 0. The van der Waals surface area contributed by atoms with Crippen LogP contribution in [-0.2, 0) is 0 Å². The van der Waals surface area contributed by atoms with Gasteiger partial charge in [0.2, 0.25) is 0 Å². The number of hydrogen-bond donors (Lipinski definition) is 1. The molecule has 2 nitrogen and oxygen atoms in total. The van der Waals surface area contributed by atoms with Crippen molar-refractivity contribution in [2.45, 2.75) is 39.0 Å². The number of rotatable bonds is 5. The Labute approximate surface area is 75.0 Å². The molecule has 12 heavy (non-hydrogen) atoms. The summed E-state index contributed by atoms with van der Waals surface area (Å²) in [6.45, 7) is 4.16. The first-order valence-corrected chi connectivity index (χ1v) is 4.95. The van der Waals surface area contributed by atoms with E-state index in [1.165, 1.54) is 19.3 Å². The highest BCUT2D eigenvalue weighted by Gasteiger charge is 2.36. The molecule has 0 amide bonds. The van der Waals surface area contributed by atoms with Crippen LogP contribution < -0.4 is 5.32 Å². The summed E-state index contributed by atoms with van der Waals surface area (Å²) in [6.07, 6.45) is 5.89. The predicted molar refractivity (Wildman–Crippen MR) is 49.7 cm³/mol. The van der Waals surface area contributed by atoms with Crippen molar-refractivity contribution >= 4 is 0 Å². The predicted octanol–water partition coefficient (Wildman–Crippen LogP) is 2.07. The summed E-state index contributed by atoms with van der Waals surface area (Å²) < 4.78 is 0. The molecule has 1 rings (SSSR count). The van der Waals surface area contributed by atoms with Gasteiger partial charge < -0.3 is 5.32 Å². The highest BCUT2D eigenvalue weighted by atomic mass is 14.9. The van der Waals surface area contributed by atoms with Gasteiger partial charge in [0, 0.05) is 6.54 Å². The highest BCUT2D eigenvalue weighted by molar-refractivity contribution is 5.05. The van der Waals surface area contributed by atoms with E-state index in [4.69, 9.17) is 5.26 Å². The number of nitriles is 1. The summed E-state index contributed by atoms with van der Waals surface area (Å²) in [7, 11) is 0. The van der Waals surface area contributed by atoms with Gasteiger partial charge >= 0.3 is 0 Å². The summed E-state index contributed by atoms with van der Waals surface area (Å²) in [6, 6.07) is 2.43. The first-order chi connectivity index (χ1) is 5.83. The van der Waals surface area contributed by atoms with Crippen molar-refractivity contribution < 1.29 is 0 Å². The number of unbranched alkanes of at least 4 members (excludes halogenated alkanes) is 1. The third kappa shape index (κ3) is 2.22. The molecule has 0 aromatic rings. The third-order valence-corrected chi connectivity index (χ3v) is 2.72. The molecule has 0 unspecified atom stereocenters. The second kappa shape index (κ2) is 4.47. The van der Waals surface area contributed by atoms with Gasteiger partial charge in [-0.2, -0.15) is 5.26 Å². The normalized spacial score (nSPS) is 19.7. The van der Waals surface area contributed by atoms with E-state index in [-0.39, 0.29) is 5.41 Å². The standard InChI is InChI=1S/C10H18N2/c1-2-3-7-12-9-10(8-11)5-4-6-10/h12H,2-7,9H2,1H3. The van der Waals surface area contributed by atoms with Crippen molar-refractivity contribution in [2.24, 2.45) is 5.41 Å². The van der Waals surface area contributed by atoms with Gasteiger partial charge in [-0.05, 0) is 25.8 Å². The van der Waals surface area contributed by atoms with Crippen LogP contribution in [0.5, 0.6) is 0 Å². The molecule has 0 heterocycles. The number of nitrogens with one attached hydrogen (secondary N) is 1. The first kappa shape index (κ1) is 9.54. The molecule has 0 aromatic heterocycles. The maximum absolute atomic E-state index is 8.90. The number of nitrogens with zero attached hydrogens (tertiary/aromatic N) is 1. The van der Waals surface area contributed by atoms with Crippen LogP contribution in [0.4, 0.5) is 0 Å². The fraction of sp³-hybridized carbons (Fsp3) is 0.900. The van der Waals surface area contributed by atoms with Crippen molar-refractivity contribution in [3.8, 4) is 6.07 Å². The topological polar surface area (TPSA) is 35.8 Å². The maximum Gasteiger partial charge on any atom is 0.0703 e. The Bertz CT molecular complexity index is 165. The van der Waals surface area contributed by atoms with Gasteiger partial charge in [-0.1, -0.05) is 19.8 Å². The van der Waals surface area contributed by atoms with Gasteiger partial charge in [0.15, 0.2) is 0 Å². The Hall–Kier alpha value is -0.550. The molecule has 0 aliphatic heterocycles. The SMILES string of the molecule is CCCCNCC1(C#N)CCC1. The Morgan fingerprint density at radius 3 is 2.67 bits per heavy atom. The van der Waals surface area contributed by atoms with Crippen LogP contribution in [-0.4, -0.2) is 13.1 Å². The van der Waals surface area contributed by atoms with Crippen molar-refractivity contribution in [1.29, 1.82) is 5.26 Å². The number of hydrogen-bond acceptors (Lipinski definition) is 2. The van der Waals surface area contributed by atoms with E-state index in [9.17, 15) is 0 Å². The minimum atomic E-state index is 0.00768. The van der Waals surface area contributed by atoms with E-state index >= 15 is 0 Å². The second-order valence-electron chi connectivity index (χ2n) is 3.78. The van der Waals surface area contributed by atoms with Crippen molar-refractivity contribution in [3.05, 3.63) is 0 Å². The molecular formula is C10H18N2. The Balaban J connectivity index is 2.09. The summed E-state index contributed by atoms with van der Waals surface area (Å²) in [4.78, 5) is 0. The van der Waals surface area contributed by atoms with Crippen LogP contribution in [0.2, 0.25) is 0 Å². The van der Waals surface area contributed by atoms with E-state index in [1.807, 2.05) is 0 Å². The van der Waals surface area contributed by atoms with Crippen LogP contribution in [0, 0.1) is 16.7 Å². The summed E-state index contributed by atoms with van der Waals surface area (Å²) in [5, 5.41) is 12.3. The fourth-order valence-corrected chi connectivity index (χ4v) is 1.56. The van der Waals surface area contributed by atoms with Gasteiger partial charge in [-0.25, -0.2) is 0 Å².